The smallest absolute Gasteiger partial charge is 1.00 e. The maximum absolute atomic E-state index is 15.1. The van der Waals surface area contributed by atoms with Crippen LogP contribution in [0, 0.1) is 58.2 Å². The first-order valence-corrected chi connectivity index (χ1v) is 13.5. The van der Waals surface area contributed by atoms with E-state index >= 15 is 17.6 Å². The fourth-order valence-electron chi connectivity index (χ4n) is 5.40. The summed E-state index contributed by atoms with van der Waals surface area (Å²) in [4.78, 5) is 0. The van der Waals surface area contributed by atoms with Gasteiger partial charge in [0.15, 0.2) is 0 Å². The molecule has 0 spiro atoms. The third-order valence-corrected chi connectivity index (χ3v) is 9.47. The van der Waals surface area contributed by atoms with Gasteiger partial charge in [-0.05, 0) is 0 Å². The van der Waals surface area contributed by atoms with E-state index < -0.39 is 100 Å². The van der Waals surface area contributed by atoms with Gasteiger partial charge in [-0.3, -0.25) is 0 Å². The van der Waals surface area contributed by atoms with Crippen LogP contribution in [0.5, 0.6) is 0 Å². The first kappa shape index (κ1) is 32.9. The van der Waals surface area contributed by atoms with Crippen molar-refractivity contribution in [2.75, 3.05) is 0 Å². The molecule has 0 saturated carbocycles. The molecule has 0 saturated heterocycles. The van der Waals surface area contributed by atoms with Gasteiger partial charge < -0.3 is 24.8 Å². The molecule has 13 heteroatoms. The molecule has 220 valence electrons. The van der Waals surface area contributed by atoms with Crippen LogP contribution < -0.4 is 24.8 Å². The Morgan fingerprint density at radius 2 is 0.674 bits per heavy atom. The van der Waals surface area contributed by atoms with E-state index in [1.807, 2.05) is 0 Å². The molecular weight excluding hydrogens is 669 g/mol. The van der Waals surface area contributed by atoms with Crippen LogP contribution in [0.3, 0.4) is 0 Å². The van der Waals surface area contributed by atoms with Crippen LogP contribution in [0.1, 0.15) is 45.2 Å². The number of hydrogen-bond donors (Lipinski definition) is 0. The van der Waals surface area contributed by atoms with Crippen molar-refractivity contribution in [2.24, 2.45) is 0 Å². The van der Waals surface area contributed by atoms with Crippen LogP contribution in [0.4, 0.5) is 43.9 Å². The molecule has 0 bridgehead atoms. The number of rotatable bonds is 4. The Bertz CT molecular complexity index is 1660. The SMILES string of the molecule is Fc1c(F)c(F)c(C2[C]([Ti+2][C]3=Cc4ccccc4C3c3c(F)c(F)c(F)c(F)c3F)=Cc3ccccc32)c(F)c1F.[Cl-].[Cl-]. The first-order valence-electron chi connectivity index (χ1n) is 11.9. The van der Waals surface area contributed by atoms with E-state index in [0.717, 1.165) is 0 Å². The standard InChI is InChI=1S/2C15H6F5.2ClH.Ti/c2*16-11-10(12(17)14(19)15(20)13(11)18)9-6-5-7-3-1-2-4-8(7)9;;;/h2*1-5,9H;2*1H;/q;;;;+2/p-2. The van der Waals surface area contributed by atoms with E-state index in [1.54, 1.807) is 24.3 Å². The Hall–Kier alpha value is -3.05. The normalized spacial score (nSPS) is 16.4. The molecule has 0 amide bonds. The van der Waals surface area contributed by atoms with Crippen molar-refractivity contribution < 1.29 is 87.9 Å². The molecule has 2 unspecified atom stereocenters. The molecule has 2 atom stereocenters. The van der Waals surface area contributed by atoms with E-state index in [0.29, 0.717) is 11.1 Å². The second-order valence-corrected chi connectivity index (χ2v) is 11.6. The van der Waals surface area contributed by atoms with E-state index in [4.69, 9.17) is 0 Å². The van der Waals surface area contributed by atoms with Gasteiger partial charge >= 0.3 is 235 Å². The zero-order valence-electron chi connectivity index (χ0n) is 21.0. The molecule has 0 aromatic heterocycles. The zero-order valence-corrected chi connectivity index (χ0v) is 24.0. The minimum atomic E-state index is -2.32. The van der Waals surface area contributed by atoms with Crippen LogP contribution in [-0.4, -0.2) is 0 Å². The fourth-order valence-corrected chi connectivity index (χ4v) is 8.02. The van der Waals surface area contributed by atoms with Gasteiger partial charge in [0.25, 0.3) is 0 Å². The van der Waals surface area contributed by atoms with Gasteiger partial charge in [0.1, 0.15) is 0 Å². The number of benzene rings is 4. The van der Waals surface area contributed by atoms with Crippen molar-refractivity contribution in [3.05, 3.63) is 148 Å². The molecule has 43 heavy (non-hydrogen) atoms. The Morgan fingerprint density at radius 1 is 0.395 bits per heavy atom. The van der Waals surface area contributed by atoms with E-state index in [9.17, 15) is 26.3 Å². The van der Waals surface area contributed by atoms with Crippen molar-refractivity contribution in [1.82, 2.24) is 0 Å². The first-order chi connectivity index (χ1) is 19.5. The number of hydrogen-bond acceptors (Lipinski definition) is 0. The predicted molar refractivity (Wildman–Crippen MR) is 125 cm³/mol. The van der Waals surface area contributed by atoms with Crippen molar-refractivity contribution in [2.45, 2.75) is 11.8 Å². The summed E-state index contributed by atoms with van der Waals surface area (Å²) in [6.45, 7) is 0. The summed E-state index contributed by atoms with van der Waals surface area (Å²) in [5, 5.41) is 0. The molecule has 0 aliphatic heterocycles. The molecular formula is C30H12Cl2F10Ti. The summed E-state index contributed by atoms with van der Waals surface area (Å²) in [5.41, 5.74) is -0.875. The van der Waals surface area contributed by atoms with E-state index in [2.05, 4.69) is 0 Å². The Kier molecular flexibility index (Phi) is 9.29. The Morgan fingerprint density at radius 3 is 1.00 bits per heavy atom. The summed E-state index contributed by atoms with van der Waals surface area (Å²) in [7, 11) is 0. The third kappa shape index (κ3) is 5.02. The second-order valence-electron chi connectivity index (χ2n) is 9.42. The number of fused-ring (bicyclic) bond motifs is 2. The monoisotopic (exact) mass is 680 g/mol. The topological polar surface area (TPSA) is 0 Å². The van der Waals surface area contributed by atoms with Crippen molar-refractivity contribution >= 4 is 12.2 Å². The third-order valence-electron chi connectivity index (χ3n) is 7.21. The molecule has 0 heterocycles. The van der Waals surface area contributed by atoms with Gasteiger partial charge in [-0.2, -0.15) is 0 Å². The quantitative estimate of drug-likeness (QED) is 0.135. The molecule has 0 radical (unpaired) electrons. The molecule has 2 aliphatic carbocycles. The predicted octanol–water partition coefficient (Wildman–Crippen LogP) is 2.84. The molecule has 2 aliphatic rings. The summed E-state index contributed by atoms with van der Waals surface area (Å²) < 4.78 is 145. The van der Waals surface area contributed by atoms with Crippen LogP contribution in [0.2, 0.25) is 0 Å². The minimum absolute atomic E-state index is 0. The molecule has 4 aromatic rings. The molecule has 6 rings (SSSR count). The number of halogens is 12. The largest absolute Gasteiger partial charge is 1.00 e. The van der Waals surface area contributed by atoms with Gasteiger partial charge in [-0.1, -0.05) is 0 Å². The summed E-state index contributed by atoms with van der Waals surface area (Å²) in [6.07, 6.45) is 2.99. The summed E-state index contributed by atoms with van der Waals surface area (Å²) >= 11 is -1.93. The van der Waals surface area contributed by atoms with Crippen LogP contribution >= 0.6 is 0 Å². The van der Waals surface area contributed by atoms with E-state index in [1.165, 1.54) is 36.4 Å². The maximum atomic E-state index is 15.1. The average molecular weight is 681 g/mol. The van der Waals surface area contributed by atoms with Crippen LogP contribution in [0.15, 0.2) is 56.3 Å². The maximum Gasteiger partial charge on any atom is -1.00 e. The molecule has 0 nitrogen and oxygen atoms in total. The fraction of sp³-hybridized carbons (Fsp3) is 0.0667. The summed E-state index contributed by atoms with van der Waals surface area (Å²) in [6, 6.07) is 12.2. The summed E-state index contributed by atoms with van der Waals surface area (Å²) in [5.74, 6) is -24.2. The van der Waals surface area contributed by atoms with Gasteiger partial charge in [-0.25, -0.2) is 0 Å². The van der Waals surface area contributed by atoms with Crippen molar-refractivity contribution in [3.63, 3.8) is 0 Å². The Balaban J connectivity index is 0.00000212. The van der Waals surface area contributed by atoms with Crippen molar-refractivity contribution in [3.8, 4) is 0 Å². The number of allylic oxidation sites excluding steroid dienone is 2. The zero-order chi connectivity index (χ0) is 29.3. The van der Waals surface area contributed by atoms with Gasteiger partial charge in [-0.15, -0.1) is 0 Å². The van der Waals surface area contributed by atoms with Crippen LogP contribution in [0.25, 0.3) is 12.2 Å². The van der Waals surface area contributed by atoms with Gasteiger partial charge in [0, 0.05) is 0 Å². The average Bonchev–Trinajstić information content (AvgIpc) is 3.51. The molecule has 0 N–H and O–H groups in total. The second kappa shape index (κ2) is 12.2. The van der Waals surface area contributed by atoms with E-state index in [-0.39, 0.29) is 43.7 Å². The molecule has 4 aromatic carbocycles. The van der Waals surface area contributed by atoms with Gasteiger partial charge in [0.05, 0.1) is 0 Å². The van der Waals surface area contributed by atoms with Crippen molar-refractivity contribution in [1.29, 1.82) is 0 Å². The molecule has 0 fully saturated rings. The van der Waals surface area contributed by atoms with Crippen LogP contribution in [-0.2, 0) is 19.2 Å². The minimum Gasteiger partial charge on any atom is -1.00 e. The Labute approximate surface area is 258 Å². The van der Waals surface area contributed by atoms with Gasteiger partial charge in [0.2, 0.25) is 0 Å².